The maximum Gasteiger partial charge on any atom is 0.0124 e. The summed E-state index contributed by atoms with van der Waals surface area (Å²) in [5.74, 6) is 0.827. The highest BCUT2D eigenvalue weighted by molar-refractivity contribution is 7.95. The van der Waals surface area contributed by atoms with Gasteiger partial charge in [0, 0.05) is 18.7 Å². The molecule has 4 N–H and O–H groups in total. The maximum atomic E-state index is 5.36. The summed E-state index contributed by atoms with van der Waals surface area (Å²) in [4.78, 5) is 0. The minimum atomic E-state index is 0.370. The number of hydrogen-bond donors (Lipinski definition) is 3. The minimum Gasteiger partial charge on any atom is -0.317 e. The van der Waals surface area contributed by atoms with Crippen molar-refractivity contribution < 1.29 is 0 Å². The number of piperidine rings is 1. The molecule has 1 aliphatic heterocycles. The number of hydrogen-bond acceptors (Lipinski definition) is 4. The van der Waals surface area contributed by atoms with Crippen LogP contribution in [0.1, 0.15) is 26.7 Å². The van der Waals surface area contributed by atoms with Gasteiger partial charge in [0.05, 0.1) is 0 Å². The van der Waals surface area contributed by atoms with Crippen LogP contribution < -0.4 is 15.2 Å². The lowest BCUT2D eigenvalue weighted by atomic mass is 9.74. The molecule has 0 aromatic rings. The first kappa shape index (κ1) is 11.3. The lowest BCUT2D eigenvalue weighted by Gasteiger charge is -2.37. The molecule has 0 aromatic carbocycles. The van der Waals surface area contributed by atoms with E-state index in [0.29, 0.717) is 5.41 Å². The second kappa shape index (κ2) is 5.20. The Bertz CT molecular complexity index is 144. The summed E-state index contributed by atoms with van der Waals surface area (Å²) >= 11 is 1.23. The van der Waals surface area contributed by atoms with Crippen LogP contribution in [0.5, 0.6) is 0 Å². The molecule has 4 heteroatoms. The van der Waals surface area contributed by atoms with Gasteiger partial charge in [-0.1, -0.05) is 13.8 Å². The number of nitrogens with one attached hydrogen (secondary N) is 2. The van der Waals surface area contributed by atoms with Crippen molar-refractivity contribution in [2.45, 2.75) is 26.7 Å². The van der Waals surface area contributed by atoms with Crippen LogP contribution in [0.2, 0.25) is 0 Å². The molecule has 0 radical (unpaired) electrons. The first-order chi connectivity index (χ1) is 6.17. The van der Waals surface area contributed by atoms with Gasteiger partial charge in [-0.05, 0) is 37.3 Å². The average molecular weight is 203 g/mol. The summed E-state index contributed by atoms with van der Waals surface area (Å²) in [6.07, 6.45) is 2.59. The van der Waals surface area contributed by atoms with E-state index in [1.165, 1.54) is 38.1 Å². The van der Waals surface area contributed by atoms with Crippen molar-refractivity contribution in [3.8, 4) is 0 Å². The van der Waals surface area contributed by atoms with Crippen LogP contribution in [0.4, 0.5) is 0 Å². The van der Waals surface area contributed by atoms with Crippen LogP contribution in [-0.4, -0.2) is 19.6 Å². The third kappa shape index (κ3) is 3.46. The molecule has 1 heterocycles. The SMILES string of the molecule is CC(C)(CNSN)C1CCNCC1. The van der Waals surface area contributed by atoms with E-state index < -0.39 is 0 Å². The molecule has 0 spiro atoms. The molecule has 0 aliphatic carbocycles. The molecule has 1 aliphatic rings. The smallest absolute Gasteiger partial charge is 0.0124 e. The molecule has 78 valence electrons. The highest BCUT2D eigenvalue weighted by Crippen LogP contribution is 2.32. The third-order valence-electron chi connectivity index (χ3n) is 3.06. The molecule has 1 rings (SSSR count). The normalized spacial score (nSPS) is 20.5. The highest BCUT2D eigenvalue weighted by Gasteiger charge is 2.29. The van der Waals surface area contributed by atoms with Crippen molar-refractivity contribution in [1.29, 1.82) is 0 Å². The molecule has 0 atom stereocenters. The Labute approximate surface area is 85.5 Å². The zero-order valence-electron chi connectivity index (χ0n) is 8.60. The Morgan fingerprint density at radius 1 is 1.46 bits per heavy atom. The summed E-state index contributed by atoms with van der Waals surface area (Å²) < 4.78 is 3.16. The van der Waals surface area contributed by atoms with Gasteiger partial charge >= 0.3 is 0 Å². The third-order valence-corrected chi connectivity index (χ3v) is 3.37. The number of rotatable bonds is 4. The van der Waals surface area contributed by atoms with E-state index in [4.69, 9.17) is 5.14 Å². The van der Waals surface area contributed by atoms with Crippen molar-refractivity contribution in [2.24, 2.45) is 16.5 Å². The Morgan fingerprint density at radius 3 is 2.62 bits per heavy atom. The topological polar surface area (TPSA) is 50.1 Å². The van der Waals surface area contributed by atoms with Crippen LogP contribution in [0.15, 0.2) is 0 Å². The summed E-state index contributed by atoms with van der Waals surface area (Å²) in [6, 6.07) is 0. The summed E-state index contributed by atoms with van der Waals surface area (Å²) in [5, 5.41) is 8.75. The van der Waals surface area contributed by atoms with Gasteiger partial charge in [0.25, 0.3) is 0 Å². The molecular formula is C9H21N3S. The Morgan fingerprint density at radius 2 is 2.08 bits per heavy atom. The summed E-state index contributed by atoms with van der Waals surface area (Å²) in [6.45, 7) is 7.99. The molecule has 1 fully saturated rings. The summed E-state index contributed by atoms with van der Waals surface area (Å²) in [7, 11) is 0. The van der Waals surface area contributed by atoms with Crippen molar-refractivity contribution in [3.05, 3.63) is 0 Å². The Kier molecular flexibility index (Phi) is 4.52. The second-order valence-electron chi connectivity index (χ2n) is 4.45. The largest absolute Gasteiger partial charge is 0.317 e. The fourth-order valence-electron chi connectivity index (χ4n) is 1.98. The molecule has 0 unspecified atom stereocenters. The van der Waals surface area contributed by atoms with Crippen molar-refractivity contribution in [2.75, 3.05) is 19.6 Å². The van der Waals surface area contributed by atoms with E-state index in [-0.39, 0.29) is 0 Å². The number of nitrogens with two attached hydrogens (primary N) is 1. The molecular weight excluding hydrogens is 182 g/mol. The van der Waals surface area contributed by atoms with Crippen LogP contribution in [0.25, 0.3) is 0 Å². The van der Waals surface area contributed by atoms with E-state index in [9.17, 15) is 0 Å². The molecule has 1 saturated heterocycles. The van der Waals surface area contributed by atoms with E-state index >= 15 is 0 Å². The van der Waals surface area contributed by atoms with E-state index in [2.05, 4.69) is 23.9 Å². The lowest BCUT2D eigenvalue weighted by Crippen LogP contribution is -2.40. The Hall–Kier alpha value is 0.230. The van der Waals surface area contributed by atoms with Crippen molar-refractivity contribution in [1.82, 2.24) is 10.0 Å². The van der Waals surface area contributed by atoms with Gasteiger partial charge in [0.1, 0.15) is 0 Å². The average Bonchev–Trinajstić information content (AvgIpc) is 2.16. The highest BCUT2D eigenvalue weighted by atomic mass is 32.2. The Balaban J connectivity index is 2.36. The standard InChI is InChI=1S/C9H21N3S/c1-9(2,7-12-13-10)8-3-5-11-6-4-8/h8,11-12H,3-7,10H2,1-2H3. The first-order valence-corrected chi connectivity index (χ1v) is 5.84. The van der Waals surface area contributed by atoms with E-state index in [1.807, 2.05) is 0 Å². The quantitative estimate of drug-likeness (QED) is 0.599. The van der Waals surface area contributed by atoms with Gasteiger partial charge < -0.3 is 5.32 Å². The predicted octanol–water partition coefficient (Wildman–Crippen LogP) is 1.12. The van der Waals surface area contributed by atoms with Gasteiger partial charge in [-0.15, -0.1) is 0 Å². The van der Waals surface area contributed by atoms with Gasteiger partial charge in [0.2, 0.25) is 0 Å². The predicted molar refractivity (Wildman–Crippen MR) is 59.2 cm³/mol. The maximum absolute atomic E-state index is 5.36. The fraction of sp³-hybridized carbons (Fsp3) is 1.00. The first-order valence-electron chi connectivity index (χ1n) is 4.96. The molecule has 3 nitrogen and oxygen atoms in total. The zero-order valence-corrected chi connectivity index (χ0v) is 9.41. The van der Waals surface area contributed by atoms with Gasteiger partial charge in [-0.2, -0.15) is 0 Å². The monoisotopic (exact) mass is 203 g/mol. The van der Waals surface area contributed by atoms with Gasteiger partial charge in [0.15, 0.2) is 0 Å². The molecule has 0 bridgehead atoms. The van der Waals surface area contributed by atoms with Gasteiger partial charge in [-0.3, -0.25) is 9.86 Å². The van der Waals surface area contributed by atoms with Crippen LogP contribution in [-0.2, 0) is 0 Å². The fourth-order valence-corrected chi connectivity index (χ4v) is 2.43. The minimum absolute atomic E-state index is 0.370. The van der Waals surface area contributed by atoms with Crippen LogP contribution in [0, 0.1) is 11.3 Å². The zero-order chi connectivity index (χ0) is 9.73. The summed E-state index contributed by atoms with van der Waals surface area (Å²) in [5.41, 5.74) is 0.370. The van der Waals surface area contributed by atoms with Crippen molar-refractivity contribution in [3.63, 3.8) is 0 Å². The van der Waals surface area contributed by atoms with Crippen molar-refractivity contribution >= 4 is 12.1 Å². The van der Waals surface area contributed by atoms with E-state index in [0.717, 1.165) is 12.5 Å². The van der Waals surface area contributed by atoms with Crippen LogP contribution in [0.3, 0.4) is 0 Å². The molecule has 13 heavy (non-hydrogen) atoms. The molecule has 0 amide bonds. The lowest BCUT2D eigenvalue weighted by molar-refractivity contribution is 0.171. The molecule has 0 aromatic heterocycles. The molecule has 0 saturated carbocycles. The van der Waals surface area contributed by atoms with E-state index in [1.54, 1.807) is 0 Å². The van der Waals surface area contributed by atoms with Crippen LogP contribution >= 0.6 is 12.1 Å². The van der Waals surface area contributed by atoms with Gasteiger partial charge in [-0.25, -0.2) is 0 Å². The second-order valence-corrected chi connectivity index (χ2v) is 4.98.